The molecule has 1 amide bonds. The van der Waals surface area contributed by atoms with Gasteiger partial charge in [-0.3, -0.25) is 4.79 Å². The maximum absolute atomic E-state index is 13.2. The average molecular weight is 421 g/mol. The van der Waals surface area contributed by atoms with Gasteiger partial charge >= 0.3 is 6.18 Å². The third kappa shape index (κ3) is 4.33. The highest BCUT2D eigenvalue weighted by Crippen LogP contribution is 2.32. The number of hydrogen-bond donors (Lipinski definition) is 0. The number of carbonyl (C=O) groups is 1. The molecule has 2 aliphatic rings. The van der Waals surface area contributed by atoms with E-state index in [9.17, 15) is 18.0 Å². The maximum Gasteiger partial charge on any atom is 0.417 e. The number of rotatable bonds is 3. The zero-order valence-corrected chi connectivity index (χ0v) is 16.3. The maximum atomic E-state index is 13.2. The minimum atomic E-state index is -4.56. The zero-order valence-electron chi connectivity index (χ0n) is 16.3. The summed E-state index contributed by atoms with van der Waals surface area (Å²) < 4.78 is 45.0. The van der Waals surface area contributed by atoms with Crippen molar-refractivity contribution in [2.75, 3.05) is 62.3 Å². The second-order valence-electron chi connectivity index (χ2n) is 7.17. The number of aromatic nitrogens is 2. The number of carbonyl (C=O) groups excluding carboxylic acids is 1. The molecule has 7 nitrogen and oxygen atoms in total. The monoisotopic (exact) mass is 421 g/mol. The van der Waals surface area contributed by atoms with Crippen LogP contribution in [0.1, 0.15) is 15.9 Å². The SMILES string of the molecule is O=C(c1ccccc1C(F)(F)F)N1CCN(c2ccc(N3CCOCC3)nn2)CC1. The Bertz CT molecular complexity index is 877. The Balaban J connectivity index is 1.39. The van der Waals surface area contributed by atoms with Crippen LogP contribution in [0.3, 0.4) is 0 Å². The molecule has 1 aromatic carbocycles. The van der Waals surface area contributed by atoms with Gasteiger partial charge in [0.15, 0.2) is 11.6 Å². The molecule has 0 unspecified atom stereocenters. The molecule has 0 aliphatic carbocycles. The molecule has 2 saturated heterocycles. The quantitative estimate of drug-likeness (QED) is 0.758. The van der Waals surface area contributed by atoms with E-state index >= 15 is 0 Å². The molecule has 4 rings (SSSR count). The number of ether oxygens (including phenoxy) is 1. The van der Waals surface area contributed by atoms with Gasteiger partial charge in [-0.1, -0.05) is 12.1 Å². The van der Waals surface area contributed by atoms with Crippen molar-refractivity contribution in [3.63, 3.8) is 0 Å². The minimum Gasteiger partial charge on any atom is -0.378 e. The summed E-state index contributed by atoms with van der Waals surface area (Å²) in [6.45, 7) is 4.46. The molecule has 3 heterocycles. The van der Waals surface area contributed by atoms with Crippen LogP contribution in [0, 0.1) is 0 Å². The largest absolute Gasteiger partial charge is 0.417 e. The highest BCUT2D eigenvalue weighted by atomic mass is 19.4. The van der Waals surface area contributed by atoms with Gasteiger partial charge < -0.3 is 19.4 Å². The number of halogens is 3. The van der Waals surface area contributed by atoms with E-state index in [2.05, 4.69) is 15.1 Å². The van der Waals surface area contributed by atoms with Crippen molar-refractivity contribution in [1.29, 1.82) is 0 Å². The van der Waals surface area contributed by atoms with Gasteiger partial charge in [0.25, 0.3) is 5.91 Å². The third-order valence-corrected chi connectivity index (χ3v) is 5.33. The van der Waals surface area contributed by atoms with Crippen LogP contribution in [0.4, 0.5) is 24.8 Å². The van der Waals surface area contributed by atoms with Gasteiger partial charge in [0, 0.05) is 39.3 Å². The van der Waals surface area contributed by atoms with Gasteiger partial charge in [-0.25, -0.2) is 0 Å². The number of piperazine rings is 1. The molecule has 30 heavy (non-hydrogen) atoms. The second kappa shape index (κ2) is 8.47. The summed E-state index contributed by atoms with van der Waals surface area (Å²) in [4.78, 5) is 18.2. The van der Waals surface area contributed by atoms with E-state index in [1.54, 1.807) is 0 Å². The summed E-state index contributed by atoms with van der Waals surface area (Å²) in [5.41, 5.74) is -1.21. The van der Waals surface area contributed by atoms with Crippen LogP contribution in [0.2, 0.25) is 0 Å². The van der Waals surface area contributed by atoms with Crippen LogP contribution in [-0.2, 0) is 10.9 Å². The highest BCUT2D eigenvalue weighted by molar-refractivity contribution is 5.96. The lowest BCUT2D eigenvalue weighted by Crippen LogP contribution is -2.49. The number of alkyl halides is 3. The summed E-state index contributed by atoms with van der Waals surface area (Å²) in [6, 6.07) is 8.70. The van der Waals surface area contributed by atoms with Crippen molar-refractivity contribution < 1.29 is 22.7 Å². The fourth-order valence-electron chi connectivity index (χ4n) is 3.67. The normalized spacial score (nSPS) is 17.9. The topological polar surface area (TPSA) is 61.8 Å². The molecule has 160 valence electrons. The van der Waals surface area contributed by atoms with Crippen molar-refractivity contribution in [3.05, 3.63) is 47.5 Å². The summed E-state index contributed by atoms with van der Waals surface area (Å²) in [5, 5.41) is 8.58. The van der Waals surface area contributed by atoms with Crippen molar-refractivity contribution >= 4 is 17.5 Å². The number of hydrogen-bond acceptors (Lipinski definition) is 6. The lowest BCUT2D eigenvalue weighted by Gasteiger charge is -2.35. The van der Waals surface area contributed by atoms with Crippen LogP contribution in [-0.4, -0.2) is 73.5 Å². The van der Waals surface area contributed by atoms with E-state index in [0.717, 1.165) is 25.0 Å². The van der Waals surface area contributed by atoms with E-state index in [1.807, 2.05) is 17.0 Å². The Morgan fingerprint density at radius 2 is 1.40 bits per heavy atom. The van der Waals surface area contributed by atoms with Crippen LogP contribution >= 0.6 is 0 Å². The molecule has 2 aliphatic heterocycles. The van der Waals surface area contributed by atoms with Crippen LogP contribution < -0.4 is 9.80 Å². The first-order valence-electron chi connectivity index (χ1n) is 9.80. The number of amides is 1. The predicted molar refractivity (Wildman–Crippen MR) is 105 cm³/mol. The molecule has 1 aromatic heterocycles. The van der Waals surface area contributed by atoms with Gasteiger partial charge in [-0.05, 0) is 24.3 Å². The molecule has 0 N–H and O–H groups in total. The Kier molecular flexibility index (Phi) is 5.76. The van der Waals surface area contributed by atoms with E-state index < -0.39 is 17.6 Å². The fraction of sp³-hybridized carbons (Fsp3) is 0.450. The van der Waals surface area contributed by atoms with Crippen molar-refractivity contribution in [2.24, 2.45) is 0 Å². The number of nitrogens with zero attached hydrogens (tertiary/aromatic N) is 5. The zero-order chi connectivity index (χ0) is 21.1. The lowest BCUT2D eigenvalue weighted by molar-refractivity contribution is -0.138. The standard InChI is InChI=1S/C20H22F3N5O2/c21-20(22,23)16-4-2-1-3-15(16)19(29)28-9-7-26(8-10-28)17-5-6-18(25-24-17)27-11-13-30-14-12-27/h1-6H,7-14H2. The molecule has 2 fully saturated rings. The van der Waals surface area contributed by atoms with Gasteiger partial charge in [-0.2, -0.15) is 13.2 Å². The number of anilines is 2. The van der Waals surface area contributed by atoms with Gasteiger partial charge in [-0.15, -0.1) is 10.2 Å². The number of morpholine rings is 1. The summed E-state index contributed by atoms with van der Waals surface area (Å²) >= 11 is 0. The summed E-state index contributed by atoms with van der Waals surface area (Å²) in [6.07, 6.45) is -4.56. The van der Waals surface area contributed by atoms with E-state index in [1.165, 1.54) is 23.1 Å². The van der Waals surface area contributed by atoms with E-state index in [0.29, 0.717) is 45.2 Å². The van der Waals surface area contributed by atoms with E-state index in [4.69, 9.17) is 4.74 Å². The molecule has 0 spiro atoms. The van der Waals surface area contributed by atoms with Crippen LogP contribution in [0.25, 0.3) is 0 Å². The highest BCUT2D eigenvalue weighted by Gasteiger charge is 2.36. The molecule has 0 bridgehead atoms. The Hall–Kier alpha value is -2.88. The first kappa shape index (κ1) is 20.4. The third-order valence-electron chi connectivity index (χ3n) is 5.33. The summed E-state index contributed by atoms with van der Waals surface area (Å²) in [5.74, 6) is 0.880. The molecular weight excluding hydrogens is 399 g/mol. The number of benzene rings is 1. The molecule has 0 saturated carbocycles. The first-order chi connectivity index (χ1) is 14.4. The van der Waals surface area contributed by atoms with Gasteiger partial charge in [0.05, 0.1) is 24.3 Å². The Morgan fingerprint density at radius 1 is 0.833 bits per heavy atom. The van der Waals surface area contributed by atoms with Crippen molar-refractivity contribution in [3.8, 4) is 0 Å². The predicted octanol–water partition coefficient (Wildman–Crippen LogP) is 2.29. The van der Waals surface area contributed by atoms with Crippen molar-refractivity contribution in [1.82, 2.24) is 15.1 Å². The molecule has 10 heteroatoms. The fourth-order valence-corrected chi connectivity index (χ4v) is 3.67. The molecule has 2 aromatic rings. The Labute approximate surface area is 172 Å². The lowest BCUT2D eigenvalue weighted by atomic mass is 10.1. The minimum absolute atomic E-state index is 0.312. The summed E-state index contributed by atoms with van der Waals surface area (Å²) in [7, 11) is 0. The molecular formula is C20H22F3N5O2. The van der Waals surface area contributed by atoms with Gasteiger partial charge in [0.1, 0.15) is 0 Å². The van der Waals surface area contributed by atoms with Crippen LogP contribution in [0.5, 0.6) is 0 Å². The first-order valence-corrected chi connectivity index (χ1v) is 9.80. The Morgan fingerprint density at radius 3 is 1.97 bits per heavy atom. The molecule has 0 radical (unpaired) electrons. The van der Waals surface area contributed by atoms with E-state index in [-0.39, 0.29) is 5.56 Å². The van der Waals surface area contributed by atoms with Gasteiger partial charge in [0.2, 0.25) is 0 Å². The molecule has 0 atom stereocenters. The van der Waals surface area contributed by atoms with Crippen LogP contribution in [0.15, 0.2) is 36.4 Å². The smallest absolute Gasteiger partial charge is 0.378 e. The van der Waals surface area contributed by atoms with Crippen molar-refractivity contribution in [2.45, 2.75) is 6.18 Å². The second-order valence-corrected chi connectivity index (χ2v) is 7.17. The average Bonchev–Trinajstić information content (AvgIpc) is 2.79.